The third kappa shape index (κ3) is 3.94. The van der Waals surface area contributed by atoms with Crippen LogP contribution in [0.4, 0.5) is 14.9 Å². The van der Waals surface area contributed by atoms with E-state index < -0.39 is 6.03 Å². The van der Waals surface area contributed by atoms with E-state index in [2.05, 4.69) is 10.6 Å². The summed E-state index contributed by atoms with van der Waals surface area (Å²) in [5, 5.41) is 5.34. The van der Waals surface area contributed by atoms with Gasteiger partial charge in [-0.15, -0.1) is 0 Å². The Morgan fingerprint density at radius 2 is 1.80 bits per heavy atom. The Balaban J connectivity index is 1.54. The Morgan fingerprint density at radius 3 is 2.50 bits per heavy atom. The van der Waals surface area contributed by atoms with Crippen molar-refractivity contribution in [2.75, 3.05) is 18.4 Å². The zero-order valence-corrected chi connectivity index (χ0v) is 17.0. The highest BCUT2D eigenvalue weighted by atomic mass is 19.1. The van der Waals surface area contributed by atoms with Gasteiger partial charge in [-0.2, -0.15) is 0 Å². The molecule has 0 aliphatic carbocycles. The Kier molecular flexibility index (Phi) is 5.32. The Hall–Kier alpha value is -3.16. The molecule has 3 heterocycles. The number of anilines is 1. The van der Waals surface area contributed by atoms with Crippen LogP contribution in [0, 0.1) is 11.7 Å². The second-order valence-corrected chi connectivity index (χ2v) is 8.36. The number of hydrogen-bond donors (Lipinski definition) is 2. The average Bonchev–Trinajstić information content (AvgIpc) is 2.70. The van der Waals surface area contributed by atoms with Crippen LogP contribution in [-0.4, -0.2) is 40.5 Å². The molecular weight excluding hydrogens is 387 g/mol. The highest BCUT2D eigenvalue weighted by molar-refractivity contribution is 5.94. The number of piperidine rings is 1. The maximum Gasteiger partial charge on any atom is 0.319 e. The van der Waals surface area contributed by atoms with E-state index in [0.29, 0.717) is 25.2 Å². The number of pyridine rings is 1. The number of nitrogens with zero attached hydrogens (tertiary/aromatic N) is 2. The molecule has 2 bridgehead atoms. The lowest BCUT2D eigenvalue weighted by atomic mass is 9.83. The Labute approximate surface area is 173 Å². The molecule has 2 aliphatic heterocycles. The summed E-state index contributed by atoms with van der Waals surface area (Å²) in [6.07, 6.45) is 0.910. The van der Waals surface area contributed by atoms with Gasteiger partial charge in [0.2, 0.25) is 0 Å². The first-order valence-electron chi connectivity index (χ1n) is 10.2. The van der Waals surface area contributed by atoms with Crippen molar-refractivity contribution in [2.24, 2.45) is 5.92 Å². The van der Waals surface area contributed by atoms with Crippen molar-refractivity contribution in [1.29, 1.82) is 0 Å². The van der Waals surface area contributed by atoms with Crippen molar-refractivity contribution in [1.82, 2.24) is 14.8 Å². The van der Waals surface area contributed by atoms with E-state index in [9.17, 15) is 18.8 Å². The van der Waals surface area contributed by atoms with E-state index in [1.54, 1.807) is 15.5 Å². The SMILES string of the molecule is CC(C)NC(=O)Nc1ccc2n(c1=O)CC1CC2CN(C(=O)c2ccc(F)cc2)C1. The molecule has 2 N–H and O–H groups in total. The number of benzene rings is 1. The van der Waals surface area contributed by atoms with Gasteiger partial charge in [-0.1, -0.05) is 0 Å². The third-order valence-electron chi connectivity index (χ3n) is 5.65. The Morgan fingerprint density at radius 1 is 1.07 bits per heavy atom. The summed E-state index contributed by atoms with van der Waals surface area (Å²) in [5.41, 5.74) is 1.36. The van der Waals surface area contributed by atoms with E-state index in [4.69, 9.17) is 0 Å². The summed E-state index contributed by atoms with van der Waals surface area (Å²) in [4.78, 5) is 39.6. The number of carbonyl (C=O) groups excluding carboxylic acids is 2. The predicted octanol–water partition coefficient (Wildman–Crippen LogP) is 2.78. The molecule has 7 nitrogen and oxygen atoms in total. The summed E-state index contributed by atoms with van der Waals surface area (Å²) in [5.74, 6) is -0.294. The van der Waals surface area contributed by atoms with Crippen LogP contribution in [0.5, 0.6) is 0 Å². The zero-order chi connectivity index (χ0) is 21.4. The molecule has 2 unspecified atom stereocenters. The number of fused-ring (bicyclic) bond motifs is 4. The van der Waals surface area contributed by atoms with Gasteiger partial charge in [-0.3, -0.25) is 9.59 Å². The fraction of sp³-hybridized carbons (Fsp3) is 0.409. The standard InChI is InChI=1S/C22H25FN4O3/c1-13(2)24-22(30)25-18-7-8-19-16-9-14(11-27(19)21(18)29)10-26(12-16)20(28)15-3-5-17(23)6-4-15/h3-8,13-14,16H,9-12H2,1-2H3,(H2,24,25,30). The van der Waals surface area contributed by atoms with Crippen molar-refractivity contribution in [3.05, 3.63) is 63.8 Å². The first kappa shape index (κ1) is 20.1. The fourth-order valence-corrected chi connectivity index (χ4v) is 4.40. The van der Waals surface area contributed by atoms with Gasteiger partial charge in [0.15, 0.2) is 0 Å². The quantitative estimate of drug-likeness (QED) is 0.813. The van der Waals surface area contributed by atoms with E-state index >= 15 is 0 Å². The molecule has 8 heteroatoms. The normalized spacial score (nSPS) is 19.9. The molecular formula is C22H25FN4O3. The van der Waals surface area contributed by atoms with Gasteiger partial charge in [-0.05, 0) is 62.6 Å². The lowest BCUT2D eigenvalue weighted by Gasteiger charge is -2.43. The van der Waals surface area contributed by atoms with Crippen molar-refractivity contribution in [3.63, 3.8) is 0 Å². The average molecular weight is 412 g/mol. The fourth-order valence-electron chi connectivity index (χ4n) is 4.40. The summed E-state index contributed by atoms with van der Waals surface area (Å²) < 4.78 is 14.9. The van der Waals surface area contributed by atoms with Crippen LogP contribution in [0.3, 0.4) is 0 Å². The predicted molar refractivity (Wildman–Crippen MR) is 111 cm³/mol. The highest BCUT2D eigenvalue weighted by Gasteiger charge is 2.37. The van der Waals surface area contributed by atoms with Crippen LogP contribution in [0.2, 0.25) is 0 Å². The molecule has 1 fully saturated rings. The number of urea groups is 1. The molecule has 158 valence electrons. The molecule has 0 spiro atoms. The van der Waals surface area contributed by atoms with Crippen molar-refractivity contribution in [2.45, 2.75) is 38.8 Å². The van der Waals surface area contributed by atoms with Gasteiger partial charge in [0.25, 0.3) is 11.5 Å². The van der Waals surface area contributed by atoms with Crippen molar-refractivity contribution >= 4 is 17.6 Å². The number of hydrogen-bond acceptors (Lipinski definition) is 3. The number of halogens is 1. The lowest BCUT2D eigenvalue weighted by molar-refractivity contribution is 0.0594. The third-order valence-corrected chi connectivity index (χ3v) is 5.65. The topological polar surface area (TPSA) is 83.4 Å². The first-order valence-corrected chi connectivity index (χ1v) is 10.2. The van der Waals surface area contributed by atoms with Gasteiger partial charge in [0.1, 0.15) is 11.5 Å². The second-order valence-electron chi connectivity index (χ2n) is 8.36. The first-order chi connectivity index (χ1) is 14.3. The molecule has 4 rings (SSSR count). The molecule has 30 heavy (non-hydrogen) atoms. The molecule has 2 aliphatic rings. The Bertz CT molecular complexity index is 1030. The monoisotopic (exact) mass is 412 g/mol. The van der Waals surface area contributed by atoms with Crippen molar-refractivity contribution in [3.8, 4) is 0 Å². The molecule has 2 aromatic rings. The minimum absolute atomic E-state index is 0.0330. The van der Waals surface area contributed by atoms with E-state index in [-0.39, 0.29) is 40.8 Å². The summed E-state index contributed by atoms with van der Waals surface area (Å²) in [6.45, 7) is 5.25. The molecule has 1 aromatic heterocycles. The molecule has 0 saturated carbocycles. The van der Waals surface area contributed by atoms with E-state index in [1.807, 2.05) is 19.9 Å². The van der Waals surface area contributed by atoms with Crippen LogP contribution < -0.4 is 16.2 Å². The second kappa shape index (κ2) is 7.93. The van der Waals surface area contributed by atoms with Gasteiger partial charge >= 0.3 is 6.03 Å². The minimum Gasteiger partial charge on any atom is -0.338 e. The van der Waals surface area contributed by atoms with Crippen LogP contribution in [0.1, 0.15) is 42.2 Å². The molecule has 0 radical (unpaired) electrons. The van der Waals surface area contributed by atoms with Crippen LogP contribution in [0.25, 0.3) is 0 Å². The van der Waals surface area contributed by atoms with Gasteiger partial charge in [-0.25, -0.2) is 9.18 Å². The maximum atomic E-state index is 13.2. The van der Waals surface area contributed by atoms with Gasteiger partial charge in [0, 0.05) is 42.9 Å². The number of aromatic nitrogens is 1. The molecule has 1 saturated heterocycles. The summed E-state index contributed by atoms with van der Waals surface area (Å²) in [6, 6.07) is 8.63. The number of rotatable bonds is 3. The smallest absolute Gasteiger partial charge is 0.319 e. The highest BCUT2D eigenvalue weighted by Crippen LogP contribution is 2.36. The van der Waals surface area contributed by atoms with Crippen LogP contribution in [-0.2, 0) is 6.54 Å². The van der Waals surface area contributed by atoms with E-state index in [0.717, 1.165) is 12.1 Å². The van der Waals surface area contributed by atoms with Crippen molar-refractivity contribution < 1.29 is 14.0 Å². The summed E-state index contributed by atoms with van der Waals surface area (Å²) >= 11 is 0. The largest absolute Gasteiger partial charge is 0.338 e. The minimum atomic E-state index is -0.408. The zero-order valence-electron chi connectivity index (χ0n) is 17.0. The molecule has 2 atom stereocenters. The number of likely N-dealkylation sites (tertiary alicyclic amines) is 1. The number of carbonyl (C=O) groups is 2. The molecule has 3 amide bonds. The maximum absolute atomic E-state index is 13.2. The van der Waals surface area contributed by atoms with Crippen LogP contribution in [0.15, 0.2) is 41.2 Å². The number of amides is 3. The summed E-state index contributed by atoms with van der Waals surface area (Å²) in [7, 11) is 0. The lowest BCUT2D eigenvalue weighted by Crippen LogP contribution is -2.49. The van der Waals surface area contributed by atoms with Gasteiger partial charge in [0.05, 0.1) is 0 Å². The number of nitrogens with one attached hydrogen (secondary N) is 2. The molecule has 1 aromatic carbocycles. The van der Waals surface area contributed by atoms with Crippen LogP contribution >= 0.6 is 0 Å². The van der Waals surface area contributed by atoms with Gasteiger partial charge < -0.3 is 20.1 Å². The van der Waals surface area contributed by atoms with E-state index in [1.165, 1.54) is 24.3 Å².